The number of anilines is 1. The van der Waals surface area contributed by atoms with Crippen molar-refractivity contribution in [3.63, 3.8) is 0 Å². The Bertz CT molecular complexity index is 697. The van der Waals surface area contributed by atoms with Crippen LogP contribution >= 0.6 is 22.3 Å². The van der Waals surface area contributed by atoms with Crippen LogP contribution in [0.4, 0.5) is 5.69 Å². The van der Waals surface area contributed by atoms with Crippen molar-refractivity contribution in [3.05, 3.63) is 23.2 Å². The minimum atomic E-state index is -3.89. The minimum Gasteiger partial charge on any atom is -0.326 e. The molecule has 116 valence electrons. The molecule has 1 amide bonds. The van der Waals surface area contributed by atoms with Gasteiger partial charge in [-0.15, -0.1) is 0 Å². The lowest BCUT2D eigenvalue weighted by atomic mass is 10.0. The van der Waals surface area contributed by atoms with E-state index in [-0.39, 0.29) is 32.6 Å². The number of carbonyl (C=O) groups excluding carboxylic acids is 1. The Labute approximate surface area is 134 Å². The molecule has 0 atom stereocenters. The van der Waals surface area contributed by atoms with Gasteiger partial charge >= 0.3 is 0 Å². The third-order valence-corrected chi connectivity index (χ3v) is 6.55. The summed E-state index contributed by atoms with van der Waals surface area (Å²) in [5, 5.41) is 2.76. The highest BCUT2D eigenvalue weighted by atomic mass is 35.7. The Morgan fingerprint density at radius 3 is 2.10 bits per heavy atom. The number of halogens is 2. The fourth-order valence-corrected chi connectivity index (χ4v) is 4.37. The summed E-state index contributed by atoms with van der Waals surface area (Å²) in [6.45, 7) is 8.20. The van der Waals surface area contributed by atoms with E-state index in [2.05, 4.69) is 5.32 Å². The summed E-state index contributed by atoms with van der Waals surface area (Å²) in [6, 6.07) is 4.14. The Hall–Kier alpha value is -0.780. The second-order valence-corrected chi connectivity index (χ2v) is 9.39. The number of rotatable bonds is 3. The maximum absolute atomic E-state index is 12.3. The van der Waals surface area contributed by atoms with Crippen molar-refractivity contribution >= 4 is 42.9 Å². The van der Waals surface area contributed by atoms with Crippen LogP contribution in [0.1, 0.15) is 27.7 Å². The quantitative estimate of drug-likeness (QED) is 0.842. The van der Waals surface area contributed by atoms with Gasteiger partial charge in [-0.3, -0.25) is 4.79 Å². The summed E-state index contributed by atoms with van der Waals surface area (Å²) in [5.41, 5.74) is 0.313. The molecule has 1 fully saturated rings. The molecule has 1 aliphatic rings. The van der Waals surface area contributed by atoms with Crippen molar-refractivity contribution in [2.24, 2.45) is 16.7 Å². The first-order valence-electron chi connectivity index (χ1n) is 6.44. The lowest BCUT2D eigenvalue weighted by Crippen LogP contribution is -2.17. The molecule has 1 N–H and O–H groups in total. The number of carbonyl (C=O) groups is 1. The highest BCUT2D eigenvalue weighted by Crippen LogP contribution is 2.68. The highest BCUT2D eigenvalue weighted by molar-refractivity contribution is 8.13. The van der Waals surface area contributed by atoms with Crippen molar-refractivity contribution in [1.29, 1.82) is 0 Å². The monoisotopic (exact) mass is 349 g/mol. The predicted molar refractivity (Wildman–Crippen MR) is 84.2 cm³/mol. The molecular weight excluding hydrogens is 333 g/mol. The molecule has 1 aromatic rings. The molecule has 4 nitrogen and oxygen atoms in total. The zero-order valence-corrected chi connectivity index (χ0v) is 14.5. The van der Waals surface area contributed by atoms with Crippen LogP contribution in [-0.2, 0) is 13.8 Å². The molecule has 0 unspecified atom stereocenters. The van der Waals surface area contributed by atoms with Crippen LogP contribution in [0, 0.1) is 16.7 Å². The van der Waals surface area contributed by atoms with Crippen molar-refractivity contribution in [2.75, 3.05) is 5.32 Å². The minimum absolute atomic E-state index is 0.0166. The molecule has 0 heterocycles. The van der Waals surface area contributed by atoms with E-state index >= 15 is 0 Å². The van der Waals surface area contributed by atoms with Gasteiger partial charge in [-0.25, -0.2) is 8.42 Å². The molecule has 0 aromatic heterocycles. The van der Waals surface area contributed by atoms with Crippen molar-refractivity contribution in [2.45, 2.75) is 32.6 Å². The second kappa shape index (κ2) is 4.86. The Morgan fingerprint density at radius 2 is 1.71 bits per heavy atom. The first-order chi connectivity index (χ1) is 9.39. The van der Waals surface area contributed by atoms with Crippen LogP contribution in [0.25, 0.3) is 0 Å². The van der Waals surface area contributed by atoms with E-state index in [9.17, 15) is 13.2 Å². The van der Waals surface area contributed by atoms with Crippen LogP contribution in [0.5, 0.6) is 0 Å². The topological polar surface area (TPSA) is 63.2 Å². The number of amides is 1. The third kappa shape index (κ3) is 2.79. The number of nitrogens with one attached hydrogen (secondary N) is 1. The molecule has 0 aliphatic heterocycles. The summed E-state index contributed by atoms with van der Waals surface area (Å²) >= 11 is 5.89. The van der Waals surface area contributed by atoms with Gasteiger partial charge < -0.3 is 5.32 Å². The van der Waals surface area contributed by atoms with E-state index in [0.29, 0.717) is 5.69 Å². The molecule has 1 aromatic carbocycles. The van der Waals surface area contributed by atoms with E-state index in [1.165, 1.54) is 18.2 Å². The molecule has 1 saturated carbocycles. The van der Waals surface area contributed by atoms with E-state index < -0.39 is 9.05 Å². The molecule has 1 aliphatic carbocycles. The molecule has 2 rings (SSSR count). The summed E-state index contributed by atoms with van der Waals surface area (Å²) < 4.78 is 22.5. The Balaban J connectivity index is 2.19. The third-order valence-electron chi connectivity index (χ3n) is 4.75. The van der Waals surface area contributed by atoms with Crippen LogP contribution < -0.4 is 5.32 Å². The largest absolute Gasteiger partial charge is 0.326 e. The van der Waals surface area contributed by atoms with Gasteiger partial charge in [-0.05, 0) is 29.0 Å². The number of hydrogen-bond donors (Lipinski definition) is 1. The van der Waals surface area contributed by atoms with E-state index in [0.717, 1.165) is 0 Å². The highest BCUT2D eigenvalue weighted by Gasteiger charge is 2.68. The molecule has 0 bridgehead atoms. The van der Waals surface area contributed by atoms with Gasteiger partial charge in [0.25, 0.3) is 9.05 Å². The maximum Gasteiger partial charge on any atom is 0.262 e. The summed E-state index contributed by atoms with van der Waals surface area (Å²) in [5.74, 6) is -0.192. The van der Waals surface area contributed by atoms with Gasteiger partial charge in [0.1, 0.15) is 4.90 Å². The van der Waals surface area contributed by atoms with Crippen molar-refractivity contribution < 1.29 is 13.2 Å². The van der Waals surface area contributed by atoms with Crippen LogP contribution in [0.2, 0.25) is 5.02 Å². The van der Waals surface area contributed by atoms with Gasteiger partial charge in [0.2, 0.25) is 5.91 Å². The smallest absolute Gasteiger partial charge is 0.262 e. The predicted octanol–water partition coefficient (Wildman–Crippen LogP) is 3.89. The fraction of sp³-hybridized carbons (Fsp3) is 0.500. The van der Waals surface area contributed by atoms with Gasteiger partial charge in [0.05, 0.1) is 5.02 Å². The average Bonchev–Trinajstić information content (AvgIpc) is 2.66. The fourth-order valence-electron chi connectivity index (χ4n) is 2.84. The van der Waals surface area contributed by atoms with Crippen molar-refractivity contribution in [1.82, 2.24) is 0 Å². The summed E-state index contributed by atoms with van der Waals surface area (Å²) in [6.07, 6.45) is 0. The SMILES string of the molecule is CC1(C)C(C(=O)Nc2ccc(S(=O)(=O)Cl)c(Cl)c2)C1(C)C. The molecule has 0 spiro atoms. The first-order valence-corrected chi connectivity index (χ1v) is 9.13. The normalized spacial score (nSPS) is 20.1. The van der Waals surface area contributed by atoms with Gasteiger partial charge in [-0.2, -0.15) is 0 Å². The maximum atomic E-state index is 12.3. The van der Waals surface area contributed by atoms with Crippen LogP contribution in [-0.4, -0.2) is 14.3 Å². The lowest BCUT2D eigenvalue weighted by Gasteiger charge is -2.08. The van der Waals surface area contributed by atoms with Gasteiger partial charge in [-0.1, -0.05) is 39.3 Å². The Kier molecular flexibility index (Phi) is 3.84. The molecule has 7 heteroatoms. The molecule has 0 radical (unpaired) electrons. The van der Waals surface area contributed by atoms with Gasteiger partial charge in [0, 0.05) is 22.3 Å². The summed E-state index contributed by atoms with van der Waals surface area (Å²) in [4.78, 5) is 12.1. The molecule has 21 heavy (non-hydrogen) atoms. The van der Waals surface area contributed by atoms with Crippen molar-refractivity contribution in [3.8, 4) is 0 Å². The standard InChI is InChI=1S/C14H17Cl2NO3S/c1-13(2)11(14(13,3)4)12(18)17-8-5-6-10(9(15)7-8)21(16,19)20/h5-7,11H,1-4H3,(H,17,18). The zero-order valence-electron chi connectivity index (χ0n) is 12.2. The van der Waals surface area contributed by atoms with E-state index in [1.54, 1.807) is 0 Å². The van der Waals surface area contributed by atoms with E-state index in [1.807, 2.05) is 27.7 Å². The molecule has 0 saturated heterocycles. The first kappa shape index (κ1) is 16.6. The molecular formula is C14H17Cl2NO3S. The second-order valence-electron chi connectivity index (χ2n) is 6.45. The number of hydrogen-bond acceptors (Lipinski definition) is 3. The average molecular weight is 350 g/mol. The lowest BCUT2D eigenvalue weighted by molar-refractivity contribution is -0.118. The van der Waals surface area contributed by atoms with E-state index in [4.69, 9.17) is 22.3 Å². The summed E-state index contributed by atoms with van der Waals surface area (Å²) in [7, 11) is 1.37. The zero-order chi connectivity index (χ0) is 16.2. The number of benzene rings is 1. The van der Waals surface area contributed by atoms with Crippen LogP contribution in [0.15, 0.2) is 23.1 Å². The Morgan fingerprint density at radius 1 is 1.19 bits per heavy atom. The van der Waals surface area contributed by atoms with Gasteiger partial charge in [0.15, 0.2) is 0 Å². The van der Waals surface area contributed by atoms with Crippen LogP contribution in [0.3, 0.4) is 0 Å².